The Hall–Kier alpha value is -2.94. The third-order valence-electron chi connectivity index (χ3n) is 3.68. The molecule has 1 fully saturated rings. The van der Waals surface area contributed by atoms with Crippen LogP contribution in [0.4, 0.5) is 17.2 Å². The van der Waals surface area contributed by atoms with Crippen LogP contribution in [0.1, 0.15) is 19.8 Å². The monoisotopic (exact) mass is 385 g/mol. The van der Waals surface area contributed by atoms with Gasteiger partial charge in [-0.25, -0.2) is 0 Å². The van der Waals surface area contributed by atoms with E-state index in [0.29, 0.717) is 22.2 Å². The number of nitrogens with one attached hydrogen (secondary N) is 3. The second kappa shape index (κ2) is 8.63. The molecule has 2 aromatic rings. The van der Waals surface area contributed by atoms with E-state index in [2.05, 4.69) is 26.1 Å². The van der Waals surface area contributed by atoms with Crippen LogP contribution in [-0.2, 0) is 14.4 Å². The van der Waals surface area contributed by atoms with E-state index in [1.165, 1.54) is 18.7 Å². The Morgan fingerprint density at radius 2 is 1.63 bits per heavy atom. The highest BCUT2D eigenvalue weighted by Crippen LogP contribution is 2.30. The van der Waals surface area contributed by atoms with Gasteiger partial charge in [-0.1, -0.05) is 11.8 Å². The minimum Gasteiger partial charge on any atom is -0.326 e. The van der Waals surface area contributed by atoms with Crippen LogP contribution in [0.15, 0.2) is 41.4 Å². The third kappa shape index (κ3) is 6.07. The molecule has 0 radical (unpaired) electrons. The van der Waals surface area contributed by atoms with E-state index in [4.69, 9.17) is 0 Å². The number of aromatic nitrogens is 2. The number of thioether (sulfide) groups is 1. The van der Waals surface area contributed by atoms with Crippen molar-refractivity contribution < 1.29 is 14.4 Å². The van der Waals surface area contributed by atoms with E-state index < -0.39 is 0 Å². The highest BCUT2D eigenvalue weighted by atomic mass is 32.2. The van der Waals surface area contributed by atoms with Gasteiger partial charge in [0.15, 0.2) is 5.82 Å². The summed E-state index contributed by atoms with van der Waals surface area (Å²) in [6.07, 6.45) is 1.86. The van der Waals surface area contributed by atoms with E-state index in [1.54, 1.807) is 36.4 Å². The van der Waals surface area contributed by atoms with Crippen LogP contribution in [0, 0.1) is 5.92 Å². The van der Waals surface area contributed by atoms with Gasteiger partial charge in [0, 0.05) is 24.2 Å². The molecule has 140 valence electrons. The molecule has 27 heavy (non-hydrogen) atoms. The van der Waals surface area contributed by atoms with Gasteiger partial charge in [-0.05, 0) is 49.2 Å². The SMILES string of the molecule is CC(=O)Nc1ccc(NC(=O)CSc2ccc(NC(=O)C3CC3)nn2)cc1. The van der Waals surface area contributed by atoms with Gasteiger partial charge in [-0.2, -0.15) is 0 Å². The van der Waals surface area contributed by atoms with Crippen LogP contribution in [0.25, 0.3) is 0 Å². The van der Waals surface area contributed by atoms with Gasteiger partial charge >= 0.3 is 0 Å². The number of rotatable bonds is 7. The number of carbonyl (C=O) groups excluding carboxylic acids is 3. The predicted octanol–water partition coefficient (Wildman–Crippen LogP) is 2.51. The van der Waals surface area contributed by atoms with Gasteiger partial charge in [-0.15, -0.1) is 10.2 Å². The molecule has 3 rings (SSSR count). The minimum atomic E-state index is -0.180. The zero-order valence-electron chi connectivity index (χ0n) is 14.7. The molecule has 8 nitrogen and oxygen atoms in total. The van der Waals surface area contributed by atoms with Crippen molar-refractivity contribution >= 4 is 46.7 Å². The lowest BCUT2D eigenvalue weighted by molar-refractivity contribution is -0.117. The molecule has 1 saturated carbocycles. The Morgan fingerprint density at radius 3 is 2.19 bits per heavy atom. The Bertz CT molecular complexity index is 835. The van der Waals surface area contributed by atoms with E-state index in [-0.39, 0.29) is 29.4 Å². The molecule has 1 aromatic heterocycles. The summed E-state index contributed by atoms with van der Waals surface area (Å²) in [5.41, 5.74) is 1.30. The summed E-state index contributed by atoms with van der Waals surface area (Å²) in [5, 5.41) is 16.7. The van der Waals surface area contributed by atoms with Gasteiger partial charge < -0.3 is 16.0 Å². The first-order valence-corrected chi connectivity index (χ1v) is 9.43. The van der Waals surface area contributed by atoms with Crippen molar-refractivity contribution in [3.63, 3.8) is 0 Å². The number of benzene rings is 1. The number of hydrogen-bond acceptors (Lipinski definition) is 6. The van der Waals surface area contributed by atoms with Crippen LogP contribution in [0.5, 0.6) is 0 Å². The molecular formula is C18H19N5O3S. The Labute approximate surface area is 160 Å². The van der Waals surface area contributed by atoms with Gasteiger partial charge in [0.1, 0.15) is 5.03 Å². The van der Waals surface area contributed by atoms with Gasteiger partial charge in [-0.3, -0.25) is 14.4 Å². The summed E-state index contributed by atoms with van der Waals surface area (Å²) in [7, 11) is 0. The summed E-state index contributed by atoms with van der Waals surface area (Å²) in [6.45, 7) is 1.43. The topological polar surface area (TPSA) is 113 Å². The van der Waals surface area contributed by atoms with E-state index in [0.717, 1.165) is 12.8 Å². The molecule has 1 aliphatic carbocycles. The normalized spacial score (nSPS) is 12.9. The Balaban J connectivity index is 1.44. The molecule has 3 amide bonds. The summed E-state index contributed by atoms with van der Waals surface area (Å²) >= 11 is 1.25. The van der Waals surface area contributed by atoms with Crippen molar-refractivity contribution in [1.29, 1.82) is 0 Å². The third-order valence-corrected chi connectivity index (χ3v) is 4.60. The average molecular weight is 385 g/mol. The van der Waals surface area contributed by atoms with Crippen LogP contribution in [-0.4, -0.2) is 33.7 Å². The summed E-state index contributed by atoms with van der Waals surface area (Å²) < 4.78 is 0. The number of carbonyl (C=O) groups is 3. The first kappa shape index (κ1) is 18.8. The van der Waals surface area contributed by atoms with Gasteiger partial charge in [0.25, 0.3) is 0 Å². The maximum atomic E-state index is 12.0. The fourth-order valence-corrected chi connectivity index (χ4v) is 2.83. The molecule has 1 heterocycles. The number of anilines is 3. The highest BCUT2D eigenvalue weighted by molar-refractivity contribution is 7.99. The lowest BCUT2D eigenvalue weighted by atomic mass is 10.3. The Morgan fingerprint density at radius 1 is 0.963 bits per heavy atom. The maximum absolute atomic E-state index is 12.0. The lowest BCUT2D eigenvalue weighted by Crippen LogP contribution is -2.15. The number of nitrogens with zero attached hydrogens (tertiary/aromatic N) is 2. The van der Waals surface area contributed by atoms with Crippen molar-refractivity contribution in [3.8, 4) is 0 Å². The second-order valence-corrected chi connectivity index (χ2v) is 7.11. The molecule has 3 N–H and O–H groups in total. The van der Waals surface area contributed by atoms with Crippen molar-refractivity contribution in [3.05, 3.63) is 36.4 Å². The molecule has 1 aromatic carbocycles. The average Bonchev–Trinajstić information content (AvgIpc) is 3.48. The zero-order valence-corrected chi connectivity index (χ0v) is 15.5. The largest absolute Gasteiger partial charge is 0.326 e. The van der Waals surface area contributed by atoms with E-state index in [1.807, 2.05) is 0 Å². The molecule has 0 atom stereocenters. The first-order chi connectivity index (χ1) is 13.0. The molecule has 0 bridgehead atoms. The molecule has 0 unspecified atom stereocenters. The molecule has 9 heteroatoms. The summed E-state index contributed by atoms with van der Waals surface area (Å²) in [4.78, 5) is 34.7. The van der Waals surface area contributed by atoms with Gasteiger partial charge in [0.05, 0.1) is 5.75 Å². The standard InChI is InChI=1S/C18H19N5O3S/c1-11(24)19-13-4-6-14(7-5-13)20-16(25)10-27-17-9-8-15(22-23-17)21-18(26)12-2-3-12/h4-9,12H,2-3,10H2,1H3,(H,19,24)(H,20,25)(H,21,22,26). The fraction of sp³-hybridized carbons (Fsp3) is 0.278. The smallest absolute Gasteiger partial charge is 0.234 e. The van der Waals surface area contributed by atoms with Crippen molar-refractivity contribution in [2.45, 2.75) is 24.8 Å². The second-order valence-electron chi connectivity index (χ2n) is 6.12. The fourth-order valence-electron chi connectivity index (χ4n) is 2.21. The number of hydrogen-bond donors (Lipinski definition) is 3. The van der Waals surface area contributed by atoms with Gasteiger partial charge in [0.2, 0.25) is 17.7 Å². The first-order valence-electron chi connectivity index (χ1n) is 8.44. The van der Waals surface area contributed by atoms with Crippen LogP contribution >= 0.6 is 11.8 Å². The summed E-state index contributed by atoms with van der Waals surface area (Å²) in [6, 6.07) is 10.2. The highest BCUT2D eigenvalue weighted by Gasteiger charge is 2.29. The van der Waals surface area contributed by atoms with E-state index in [9.17, 15) is 14.4 Å². The van der Waals surface area contributed by atoms with Crippen molar-refractivity contribution in [1.82, 2.24) is 10.2 Å². The summed E-state index contributed by atoms with van der Waals surface area (Å²) in [5.74, 6) is 0.351. The quantitative estimate of drug-likeness (QED) is 0.631. The minimum absolute atomic E-state index is 0.0198. The molecular weight excluding hydrogens is 366 g/mol. The molecule has 1 aliphatic rings. The molecule has 0 saturated heterocycles. The van der Waals surface area contributed by atoms with Crippen molar-refractivity contribution in [2.24, 2.45) is 5.92 Å². The predicted molar refractivity (Wildman–Crippen MR) is 103 cm³/mol. The lowest BCUT2D eigenvalue weighted by Gasteiger charge is -2.07. The van der Waals surface area contributed by atoms with Crippen LogP contribution < -0.4 is 16.0 Å². The Kier molecular flexibility index (Phi) is 6.02. The number of amides is 3. The van der Waals surface area contributed by atoms with E-state index >= 15 is 0 Å². The van der Waals surface area contributed by atoms with Crippen LogP contribution in [0.2, 0.25) is 0 Å². The van der Waals surface area contributed by atoms with Crippen molar-refractivity contribution in [2.75, 3.05) is 21.7 Å². The molecule has 0 spiro atoms. The zero-order chi connectivity index (χ0) is 19.2. The van der Waals surface area contributed by atoms with Crippen LogP contribution in [0.3, 0.4) is 0 Å². The maximum Gasteiger partial charge on any atom is 0.234 e. The molecule has 0 aliphatic heterocycles.